The Bertz CT molecular complexity index is 886. The molecule has 0 bridgehead atoms. The van der Waals surface area contributed by atoms with Crippen molar-refractivity contribution in [2.24, 2.45) is 17.8 Å². The fraction of sp³-hybridized carbons (Fsp3) is 0.625. The number of benzene rings is 2. The van der Waals surface area contributed by atoms with Gasteiger partial charge in [-0.05, 0) is 78.9 Å². The lowest BCUT2D eigenvalue weighted by Gasteiger charge is -2.29. The summed E-state index contributed by atoms with van der Waals surface area (Å²) >= 11 is 6.54. The van der Waals surface area contributed by atoms with E-state index in [1.165, 1.54) is 82.6 Å². The molecule has 2 aliphatic rings. The molecule has 0 saturated heterocycles. The molecule has 0 nitrogen and oxygen atoms in total. The van der Waals surface area contributed by atoms with Crippen molar-refractivity contribution in [3.05, 3.63) is 58.4 Å². The summed E-state index contributed by atoms with van der Waals surface area (Å²) in [6, 6.07) is 12.6. The van der Waals surface area contributed by atoms with E-state index >= 15 is 4.39 Å². The van der Waals surface area contributed by atoms with E-state index in [9.17, 15) is 0 Å². The Morgan fingerprint density at radius 2 is 1.38 bits per heavy atom. The van der Waals surface area contributed by atoms with Crippen LogP contribution in [0.15, 0.2) is 36.4 Å². The SMILES string of the molecule is CCCCC1CCC(c2ccc(-c3ccc(CCC4CCC(CC)CC4)c(Cl)c3F)cc2)CC1. The molecule has 34 heavy (non-hydrogen) atoms. The molecule has 0 amide bonds. The third kappa shape index (κ3) is 6.45. The summed E-state index contributed by atoms with van der Waals surface area (Å²) < 4.78 is 15.3. The van der Waals surface area contributed by atoms with Gasteiger partial charge in [-0.1, -0.05) is 113 Å². The number of aryl methyl sites for hydroxylation is 1. The van der Waals surface area contributed by atoms with Crippen LogP contribution in [-0.2, 0) is 6.42 Å². The third-order valence-corrected chi connectivity index (χ3v) is 9.44. The predicted molar refractivity (Wildman–Crippen MR) is 145 cm³/mol. The van der Waals surface area contributed by atoms with E-state index in [0.717, 1.165) is 41.7 Å². The Morgan fingerprint density at radius 1 is 0.765 bits per heavy atom. The zero-order chi connectivity index (χ0) is 23.9. The molecule has 0 atom stereocenters. The van der Waals surface area contributed by atoms with Crippen molar-refractivity contribution in [1.29, 1.82) is 0 Å². The number of rotatable bonds is 9. The first-order chi connectivity index (χ1) is 16.6. The molecule has 0 unspecified atom stereocenters. The molecular formula is C32H44ClF. The largest absolute Gasteiger partial charge is 0.205 e. The normalized spacial score (nSPS) is 25.4. The smallest absolute Gasteiger partial charge is 0.149 e. The first kappa shape index (κ1) is 25.7. The monoisotopic (exact) mass is 482 g/mol. The highest BCUT2D eigenvalue weighted by atomic mass is 35.5. The second kappa shape index (κ2) is 12.6. The molecule has 0 heterocycles. The van der Waals surface area contributed by atoms with Crippen LogP contribution in [0.5, 0.6) is 0 Å². The zero-order valence-electron chi connectivity index (χ0n) is 21.4. The van der Waals surface area contributed by atoms with Crippen LogP contribution >= 0.6 is 11.6 Å². The molecule has 2 heteroatoms. The summed E-state index contributed by atoms with van der Waals surface area (Å²) in [4.78, 5) is 0. The van der Waals surface area contributed by atoms with Crippen molar-refractivity contribution < 1.29 is 4.39 Å². The highest BCUT2D eigenvalue weighted by Gasteiger charge is 2.23. The van der Waals surface area contributed by atoms with Gasteiger partial charge in [-0.3, -0.25) is 0 Å². The molecule has 186 valence electrons. The predicted octanol–water partition coefficient (Wildman–Crippen LogP) is 10.8. The van der Waals surface area contributed by atoms with Gasteiger partial charge in [0.2, 0.25) is 0 Å². The molecule has 4 rings (SSSR count). The number of hydrogen-bond donors (Lipinski definition) is 0. The topological polar surface area (TPSA) is 0 Å². The number of hydrogen-bond acceptors (Lipinski definition) is 0. The molecule has 0 aromatic heterocycles. The Hall–Kier alpha value is -1.34. The van der Waals surface area contributed by atoms with Crippen LogP contribution in [0.3, 0.4) is 0 Å². The van der Waals surface area contributed by atoms with Gasteiger partial charge in [-0.15, -0.1) is 0 Å². The van der Waals surface area contributed by atoms with Gasteiger partial charge in [0.15, 0.2) is 0 Å². The van der Waals surface area contributed by atoms with Crippen molar-refractivity contribution in [2.75, 3.05) is 0 Å². The maximum absolute atomic E-state index is 15.3. The molecule has 0 aliphatic heterocycles. The molecule has 2 fully saturated rings. The average molecular weight is 483 g/mol. The van der Waals surface area contributed by atoms with E-state index in [0.29, 0.717) is 16.5 Å². The van der Waals surface area contributed by atoms with Gasteiger partial charge >= 0.3 is 0 Å². The van der Waals surface area contributed by atoms with E-state index in [4.69, 9.17) is 11.6 Å². The lowest BCUT2D eigenvalue weighted by molar-refractivity contribution is 0.259. The van der Waals surface area contributed by atoms with Crippen molar-refractivity contribution in [1.82, 2.24) is 0 Å². The van der Waals surface area contributed by atoms with Crippen LogP contribution in [0.25, 0.3) is 11.1 Å². The number of unbranched alkanes of at least 4 members (excludes halogenated alkanes) is 1. The van der Waals surface area contributed by atoms with Crippen LogP contribution in [0.2, 0.25) is 5.02 Å². The van der Waals surface area contributed by atoms with E-state index in [2.05, 4.69) is 44.2 Å². The molecule has 2 aliphatic carbocycles. The van der Waals surface area contributed by atoms with Gasteiger partial charge < -0.3 is 0 Å². The van der Waals surface area contributed by atoms with Gasteiger partial charge in [0.1, 0.15) is 5.82 Å². The summed E-state index contributed by atoms with van der Waals surface area (Å²) in [5.74, 6) is 3.03. The first-order valence-electron chi connectivity index (χ1n) is 14.2. The lowest BCUT2D eigenvalue weighted by atomic mass is 9.77. The highest BCUT2D eigenvalue weighted by Crippen LogP contribution is 2.39. The van der Waals surface area contributed by atoms with Crippen LogP contribution in [0.1, 0.15) is 114 Å². The fourth-order valence-corrected chi connectivity index (χ4v) is 6.76. The maximum atomic E-state index is 15.3. The summed E-state index contributed by atoms with van der Waals surface area (Å²) in [7, 11) is 0. The highest BCUT2D eigenvalue weighted by molar-refractivity contribution is 6.31. The second-order valence-corrected chi connectivity index (χ2v) is 11.6. The van der Waals surface area contributed by atoms with Crippen LogP contribution in [0, 0.1) is 23.6 Å². The Morgan fingerprint density at radius 3 is 2.03 bits per heavy atom. The van der Waals surface area contributed by atoms with E-state index in [1.54, 1.807) is 0 Å². The fourth-order valence-electron chi connectivity index (χ4n) is 6.51. The van der Waals surface area contributed by atoms with Gasteiger partial charge in [0, 0.05) is 5.56 Å². The molecule has 0 spiro atoms. The van der Waals surface area contributed by atoms with Gasteiger partial charge in [0.25, 0.3) is 0 Å². The Balaban J connectivity index is 1.35. The molecule has 0 radical (unpaired) electrons. The van der Waals surface area contributed by atoms with E-state index in [1.807, 2.05) is 6.07 Å². The van der Waals surface area contributed by atoms with E-state index in [-0.39, 0.29) is 5.82 Å². The second-order valence-electron chi connectivity index (χ2n) is 11.2. The molecular weight excluding hydrogens is 439 g/mol. The number of halogens is 2. The van der Waals surface area contributed by atoms with Gasteiger partial charge in [-0.25, -0.2) is 4.39 Å². The molecule has 2 saturated carbocycles. The minimum atomic E-state index is -0.252. The van der Waals surface area contributed by atoms with Crippen molar-refractivity contribution >= 4 is 11.6 Å². The minimum Gasteiger partial charge on any atom is -0.205 e. The molecule has 2 aromatic rings. The Kier molecular flexibility index (Phi) is 9.52. The van der Waals surface area contributed by atoms with Crippen LogP contribution in [0.4, 0.5) is 4.39 Å². The van der Waals surface area contributed by atoms with Crippen molar-refractivity contribution in [3.63, 3.8) is 0 Å². The average Bonchev–Trinajstić information content (AvgIpc) is 2.89. The summed E-state index contributed by atoms with van der Waals surface area (Å²) in [5, 5.41) is 0.328. The van der Waals surface area contributed by atoms with Gasteiger partial charge in [0.05, 0.1) is 5.02 Å². The zero-order valence-corrected chi connectivity index (χ0v) is 22.2. The van der Waals surface area contributed by atoms with Crippen LogP contribution < -0.4 is 0 Å². The van der Waals surface area contributed by atoms with Crippen LogP contribution in [-0.4, -0.2) is 0 Å². The molecule has 0 N–H and O–H groups in total. The van der Waals surface area contributed by atoms with Crippen molar-refractivity contribution in [2.45, 2.75) is 110 Å². The van der Waals surface area contributed by atoms with Gasteiger partial charge in [-0.2, -0.15) is 0 Å². The maximum Gasteiger partial charge on any atom is 0.149 e. The summed E-state index contributed by atoms with van der Waals surface area (Å²) in [6.45, 7) is 4.59. The lowest BCUT2D eigenvalue weighted by Crippen LogP contribution is -2.14. The third-order valence-electron chi connectivity index (χ3n) is 9.03. The Labute approximate surface area is 212 Å². The quantitative estimate of drug-likeness (QED) is 0.333. The minimum absolute atomic E-state index is 0.252. The first-order valence-corrected chi connectivity index (χ1v) is 14.5. The summed E-state index contributed by atoms with van der Waals surface area (Å²) in [6.07, 6.45) is 18.1. The van der Waals surface area contributed by atoms with Crippen molar-refractivity contribution in [3.8, 4) is 11.1 Å². The summed E-state index contributed by atoms with van der Waals surface area (Å²) in [5.41, 5.74) is 3.95. The standard InChI is InChI=1S/C32H44ClF/c1-3-5-6-24-11-14-26(15-12-24)27-17-19-28(20-18-27)30-22-21-29(31(33)32(30)34)16-13-25-9-7-23(4-2)8-10-25/h17-26H,3-16H2,1-2H3. The van der Waals surface area contributed by atoms with E-state index < -0.39 is 0 Å². The molecule has 2 aromatic carbocycles.